The number of benzene rings is 1. The summed E-state index contributed by atoms with van der Waals surface area (Å²) in [6, 6.07) is 1.49. The van der Waals surface area contributed by atoms with Gasteiger partial charge in [0, 0.05) is 48.3 Å². The number of carbonyl (C=O) groups is 1. The van der Waals surface area contributed by atoms with Gasteiger partial charge in [-0.2, -0.15) is 26.3 Å². The van der Waals surface area contributed by atoms with Gasteiger partial charge in [-0.05, 0) is 24.1 Å². The van der Waals surface area contributed by atoms with E-state index in [0.29, 0.717) is 6.92 Å². The van der Waals surface area contributed by atoms with Gasteiger partial charge in [0.2, 0.25) is 0 Å². The number of hydrogen-bond donors (Lipinski definition) is 4. The van der Waals surface area contributed by atoms with Gasteiger partial charge in [-0.1, -0.05) is 0 Å². The van der Waals surface area contributed by atoms with Gasteiger partial charge >= 0.3 is 24.1 Å². The van der Waals surface area contributed by atoms with Crippen LogP contribution in [0.5, 0.6) is 5.75 Å². The van der Waals surface area contributed by atoms with Gasteiger partial charge in [0.15, 0.2) is 0 Å². The second kappa shape index (κ2) is 11.0. The lowest BCUT2D eigenvalue weighted by atomic mass is 9.91. The van der Waals surface area contributed by atoms with E-state index in [1.165, 1.54) is 0 Å². The maximum Gasteiger partial charge on any atom is 0.490 e. The van der Waals surface area contributed by atoms with Crippen LogP contribution in [0, 0.1) is 11.7 Å². The molecule has 1 aromatic rings. The Bertz CT molecular complexity index is 899. The number of rotatable bonds is 5. The zero-order chi connectivity index (χ0) is 26.6. The summed E-state index contributed by atoms with van der Waals surface area (Å²) in [5.41, 5.74) is 10.9. The Balaban J connectivity index is 0.000000718. The molecule has 5 atom stereocenters. The molecule has 1 aliphatic heterocycles. The Labute approximate surface area is 191 Å². The standard InChI is InChI=1S/C16H22F4N2O4S.C2HF3O2/c1-15(25-2,16(18,19)20)26-12-5-8(4-10(17)13(12)22)3-9-6-27(24)7-11(21)14(9)23;3-2(4,5)1(6)7/h4-5,9,11,14,23H,3,6-7,21-22H2,1-2H3;(H,6,7)/t9-,11+,14+,15-,27-;/m1./s1. The van der Waals surface area contributed by atoms with Crippen molar-refractivity contribution >= 4 is 22.5 Å². The second-order valence-electron chi connectivity index (χ2n) is 7.43. The number of halogens is 7. The molecule has 0 aliphatic carbocycles. The average molecular weight is 528 g/mol. The highest BCUT2D eigenvalue weighted by molar-refractivity contribution is 7.85. The molecular weight excluding hydrogens is 505 g/mol. The highest BCUT2D eigenvalue weighted by Crippen LogP contribution is 2.38. The van der Waals surface area contributed by atoms with Crippen LogP contribution in [0.3, 0.4) is 0 Å². The van der Waals surface area contributed by atoms with Gasteiger partial charge < -0.3 is 31.2 Å². The molecule has 1 heterocycles. The summed E-state index contributed by atoms with van der Waals surface area (Å²) in [5.74, 6) is -7.54. The summed E-state index contributed by atoms with van der Waals surface area (Å²) in [4.78, 5) is 8.90. The zero-order valence-corrected chi connectivity index (χ0v) is 18.6. The molecule has 16 heteroatoms. The van der Waals surface area contributed by atoms with Crippen LogP contribution in [-0.2, 0) is 26.8 Å². The number of aliphatic hydroxyl groups excluding tert-OH is 1. The van der Waals surface area contributed by atoms with Gasteiger partial charge in [0.05, 0.1) is 6.10 Å². The number of carboxylic acid groups (broad SMARTS) is 1. The van der Waals surface area contributed by atoms with Crippen molar-refractivity contribution in [3.63, 3.8) is 0 Å². The van der Waals surface area contributed by atoms with Gasteiger partial charge in [0.1, 0.15) is 17.3 Å². The maximum atomic E-state index is 14.1. The fraction of sp³-hybridized carbons (Fsp3) is 0.611. The summed E-state index contributed by atoms with van der Waals surface area (Å²) in [6.07, 6.45) is -10.9. The molecular formula is C18H23F7N2O6S. The van der Waals surface area contributed by atoms with E-state index in [4.69, 9.17) is 26.1 Å². The zero-order valence-electron chi connectivity index (χ0n) is 17.7. The van der Waals surface area contributed by atoms with Gasteiger partial charge in [-0.3, -0.25) is 4.21 Å². The Kier molecular flexibility index (Phi) is 9.70. The van der Waals surface area contributed by atoms with Gasteiger partial charge in [-0.25, -0.2) is 9.18 Å². The molecule has 196 valence electrons. The summed E-state index contributed by atoms with van der Waals surface area (Å²) in [7, 11) is -0.438. The number of aliphatic hydroxyl groups is 1. The largest absolute Gasteiger partial charge is 0.490 e. The molecule has 1 saturated heterocycles. The van der Waals surface area contributed by atoms with Crippen LogP contribution in [-0.4, -0.2) is 69.3 Å². The van der Waals surface area contributed by atoms with Gasteiger partial charge in [0.25, 0.3) is 0 Å². The first-order valence-electron chi connectivity index (χ1n) is 9.30. The second-order valence-corrected chi connectivity index (χ2v) is 8.98. The van der Waals surface area contributed by atoms with E-state index in [1.807, 2.05) is 0 Å². The minimum Gasteiger partial charge on any atom is -0.475 e. The number of carboxylic acids is 1. The van der Waals surface area contributed by atoms with E-state index >= 15 is 0 Å². The van der Waals surface area contributed by atoms with Crippen molar-refractivity contribution in [2.45, 2.75) is 43.6 Å². The first-order valence-corrected chi connectivity index (χ1v) is 10.8. The van der Waals surface area contributed by atoms with E-state index < -0.39 is 70.2 Å². The van der Waals surface area contributed by atoms with Crippen molar-refractivity contribution in [2.75, 3.05) is 24.3 Å². The molecule has 0 radical (unpaired) electrons. The third kappa shape index (κ3) is 7.68. The summed E-state index contributed by atoms with van der Waals surface area (Å²) in [6.45, 7) is 0.643. The minimum absolute atomic E-state index is 0.0455. The van der Waals surface area contributed by atoms with E-state index in [0.717, 1.165) is 19.2 Å². The molecule has 0 amide bonds. The van der Waals surface area contributed by atoms with Crippen LogP contribution in [0.15, 0.2) is 12.1 Å². The Morgan fingerprint density at radius 3 is 2.18 bits per heavy atom. The fourth-order valence-corrected chi connectivity index (χ4v) is 4.38. The predicted molar refractivity (Wildman–Crippen MR) is 106 cm³/mol. The SMILES string of the molecule is CO[C@](C)(Oc1cc(C[C@@H]2C[S@@](=O)C[C@H](N)[C@H]2O)cc(F)c1N)C(F)(F)F.O=C(O)C(F)(F)F. The third-order valence-electron chi connectivity index (χ3n) is 4.80. The molecule has 2 rings (SSSR count). The first kappa shape index (κ1) is 29.9. The lowest BCUT2D eigenvalue weighted by Crippen LogP contribution is -2.50. The number of hydrogen-bond acceptors (Lipinski definition) is 7. The molecule has 8 nitrogen and oxygen atoms in total. The maximum absolute atomic E-state index is 14.1. The van der Waals surface area contributed by atoms with E-state index in [1.54, 1.807) is 0 Å². The molecule has 1 aromatic carbocycles. The number of alkyl halides is 6. The van der Waals surface area contributed by atoms with Crippen LogP contribution < -0.4 is 16.2 Å². The lowest BCUT2D eigenvalue weighted by Gasteiger charge is -2.33. The third-order valence-corrected chi connectivity index (χ3v) is 6.36. The number of anilines is 1. The Hall–Kier alpha value is -2.17. The minimum atomic E-state index is -5.08. The topological polar surface area (TPSA) is 145 Å². The molecule has 0 unspecified atom stereocenters. The number of aliphatic carboxylic acids is 1. The Morgan fingerprint density at radius 1 is 1.21 bits per heavy atom. The van der Waals surface area contributed by atoms with Crippen molar-refractivity contribution in [2.24, 2.45) is 11.7 Å². The van der Waals surface area contributed by atoms with Crippen LogP contribution in [0.2, 0.25) is 0 Å². The molecule has 0 saturated carbocycles. The number of nitrogens with two attached hydrogens (primary N) is 2. The predicted octanol–water partition coefficient (Wildman–Crippen LogP) is 1.95. The first-order chi connectivity index (χ1) is 15.3. The normalized spacial score (nSPS) is 25.0. The quantitative estimate of drug-likeness (QED) is 0.258. The highest BCUT2D eigenvalue weighted by Gasteiger charge is 2.55. The summed E-state index contributed by atoms with van der Waals surface area (Å²) >= 11 is 0. The molecule has 0 spiro atoms. The summed E-state index contributed by atoms with van der Waals surface area (Å²) < 4.78 is 106. The van der Waals surface area contributed by atoms with Crippen molar-refractivity contribution < 1.29 is 59.4 Å². The molecule has 6 N–H and O–H groups in total. The number of ether oxygens (including phenoxy) is 2. The number of methoxy groups -OCH3 is 1. The van der Waals surface area contributed by atoms with Crippen molar-refractivity contribution in [3.8, 4) is 5.75 Å². The fourth-order valence-electron chi connectivity index (χ4n) is 2.82. The van der Waals surface area contributed by atoms with Crippen molar-refractivity contribution in [1.29, 1.82) is 0 Å². The number of nitrogen functional groups attached to an aromatic ring is 1. The summed E-state index contributed by atoms with van der Waals surface area (Å²) in [5, 5.41) is 17.3. The molecule has 0 bridgehead atoms. The van der Waals surface area contributed by atoms with Gasteiger partial charge in [-0.15, -0.1) is 0 Å². The molecule has 1 aliphatic rings. The lowest BCUT2D eigenvalue weighted by molar-refractivity contribution is -0.335. The van der Waals surface area contributed by atoms with E-state index in [9.17, 15) is 40.0 Å². The average Bonchev–Trinajstić information content (AvgIpc) is 2.68. The van der Waals surface area contributed by atoms with E-state index in [2.05, 4.69) is 4.74 Å². The molecule has 1 fully saturated rings. The van der Waals surface area contributed by atoms with E-state index in [-0.39, 0.29) is 23.5 Å². The molecule has 0 aromatic heterocycles. The van der Waals surface area contributed by atoms with Crippen LogP contribution >= 0.6 is 0 Å². The van der Waals surface area contributed by atoms with Crippen molar-refractivity contribution in [1.82, 2.24) is 0 Å². The molecule has 34 heavy (non-hydrogen) atoms. The highest BCUT2D eigenvalue weighted by atomic mass is 32.2. The van der Waals surface area contributed by atoms with Crippen LogP contribution in [0.25, 0.3) is 0 Å². The monoisotopic (exact) mass is 528 g/mol. The van der Waals surface area contributed by atoms with Crippen LogP contribution in [0.4, 0.5) is 36.4 Å². The Morgan fingerprint density at radius 2 is 1.74 bits per heavy atom. The smallest absolute Gasteiger partial charge is 0.475 e. The van der Waals surface area contributed by atoms with Crippen molar-refractivity contribution in [3.05, 3.63) is 23.5 Å². The van der Waals surface area contributed by atoms with Crippen LogP contribution in [0.1, 0.15) is 12.5 Å².